The lowest BCUT2D eigenvalue weighted by atomic mass is 10.1. The van der Waals surface area contributed by atoms with Crippen LogP contribution in [-0.4, -0.2) is 27.3 Å². The smallest absolute Gasteiger partial charge is 0.258 e. The number of carbonyl (C=O) groups excluding carboxylic acids is 1. The number of nitrogens with zero attached hydrogens (tertiary/aromatic N) is 2. The third-order valence-corrected chi connectivity index (χ3v) is 4.94. The zero-order valence-corrected chi connectivity index (χ0v) is 17.2. The summed E-state index contributed by atoms with van der Waals surface area (Å²) in [6.45, 7) is 2.85. The van der Waals surface area contributed by atoms with Crippen LogP contribution in [0.2, 0.25) is 5.02 Å². The highest BCUT2D eigenvalue weighted by Gasteiger charge is 2.16. The number of hydrogen-bond acceptors (Lipinski definition) is 3. The Balaban J connectivity index is 1.83. The van der Waals surface area contributed by atoms with Crippen molar-refractivity contribution >= 4 is 44.3 Å². The van der Waals surface area contributed by atoms with E-state index in [4.69, 9.17) is 11.6 Å². The van der Waals surface area contributed by atoms with Crippen LogP contribution < -0.4 is 5.56 Å². The molecule has 2 aromatic carbocycles. The highest BCUT2D eigenvalue weighted by Crippen LogP contribution is 2.16. The van der Waals surface area contributed by atoms with Crippen LogP contribution in [0.4, 0.5) is 0 Å². The average molecular weight is 449 g/mol. The summed E-state index contributed by atoms with van der Waals surface area (Å²) in [5.41, 5.74) is 1.23. The zero-order chi connectivity index (χ0) is 19.4. The molecule has 0 radical (unpaired) electrons. The monoisotopic (exact) mass is 447 g/mol. The molecule has 0 fully saturated rings. The van der Waals surface area contributed by atoms with Crippen molar-refractivity contribution in [2.24, 2.45) is 0 Å². The number of aromatic nitrogens is 2. The average Bonchev–Trinajstić information content (AvgIpc) is 2.63. The summed E-state index contributed by atoms with van der Waals surface area (Å²) < 4.78 is 0.973. The van der Waals surface area contributed by atoms with E-state index in [9.17, 15) is 9.59 Å². The third-order valence-electron chi connectivity index (χ3n) is 4.17. The molecule has 1 aromatic heterocycles. The Labute approximate surface area is 170 Å². The van der Waals surface area contributed by atoms with Crippen LogP contribution in [0.1, 0.15) is 24.7 Å². The van der Waals surface area contributed by atoms with Gasteiger partial charge in [0.2, 0.25) is 5.91 Å². The number of halogens is 2. The van der Waals surface area contributed by atoms with E-state index in [2.05, 4.69) is 25.9 Å². The fraction of sp³-hybridized carbons (Fsp3) is 0.250. The number of rotatable bonds is 6. The lowest BCUT2D eigenvalue weighted by molar-refractivity contribution is -0.131. The van der Waals surface area contributed by atoms with E-state index in [1.54, 1.807) is 23.1 Å². The molecule has 5 nitrogen and oxygen atoms in total. The van der Waals surface area contributed by atoms with E-state index < -0.39 is 0 Å². The second-order valence-corrected chi connectivity index (χ2v) is 7.64. The van der Waals surface area contributed by atoms with E-state index in [1.807, 2.05) is 31.2 Å². The van der Waals surface area contributed by atoms with Crippen LogP contribution in [0, 0.1) is 0 Å². The maximum Gasteiger partial charge on any atom is 0.258 e. The van der Waals surface area contributed by atoms with E-state index in [-0.39, 0.29) is 18.0 Å². The van der Waals surface area contributed by atoms with Gasteiger partial charge in [0.15, 0.2) is 0 Å². The Morgan fingerprint density at radius 3 is 2.67 bits per heavy atom. The molecule has 0 aliphatic rings. The fourth-order valence-corrected chi connectivity index (χ4v) is 3.30. The van der Waals surface area contributed by atoms with Crippen molar-refractivity contribution < 1.29 is 4.79 Å². The molecule has 0 spiro atoms. The van der Waals surface area contributed by atoms with Gasteiger partial charge in [0.25, 0.3) is 5.56 Å². The fourth-order valence-electron chi connectivity index (χ4n) is 2.87. The normalized spacial score (nSPS) is 10.9. The first-order valence-electron chi connectivity index (χ1n) is 8.67. The van der Waals surface area contributed by atoms with Crippen molar-refractivity contribution in [1.29, 1.82) is 0 Å². The van der Waals surface area contributed by atoms with E-state index >= 15 is 0 Å². The lowest BCUT2D eigenvalue weighted by Gasteiger charge is -2.22. The van der Waals surface area contributed by atoms with E-state index in [1.165, 1.54) is 0 Å². The SMILES string of the molecule is CCCN(Cc1nc2cc(Cl)ccc2c(=O)[nH]1)C(=O)Cc1ccc(Br)cc1. The molecule has 3 rings (SSSR count). The van der Waals surface area contributed by atoms with Gasteiger partial charge in [-0.05, 0) is 42.3 Å². The van der Waals surface area contributed by atoms with Gasteiger partial charge in [-0.25, -0.2) is 4.98 Å². The minimum Gasteiger partial charge on any atom is -0.335 e. The number of amides is 1. The second kappa shape index (κ2) is 8.67. The molecule has 1 N–H and O–H groups in total. The number of benzene rings is 2. The molecular formula is C20H19BrClN3O2. The number of fused-ring (bicyclic) bond motifs is 1. The first-order chi connectivity index (χ1) is 13.0. The molecule has 140 valence electrons. The summed E-state index contributed by atoms with van der Waals surface area (Å²) in [4.78, 5) is 34.0. The molecule has 7 heteroatoms. The molecule has 3 aromatic rings. The molecule has 0 saturated carbocycles. The number of nitrogens with one attached hydrogen (secondary N) is 1. The molecule has 0 atom stereocenters. The molecule has 0 unspecified atom stereocenters. The van der Waals surface area contributed by atoms with Gasteiger partial charge in [-0.2, -0.15) is 0 Å². The topological polar surface area (TPSA) is 66.1 Å². The summed E-state index contributed by atoms with van der Waals surface area (Å²) in [5, 5.41) is 0.995. The predicted molar refractivity (Wildman–Crippen MR) is 111 cm³/mol. The number of hydrogen-bond donors (Lipinski definition) is 1. The van der Waals surface area contributed by atoms with Gasteiger partial charge in [-0.1, -0.05) is 46.6 Å². The molecule has 1 amide bonds. The van der Waals surface area contributed by atoms with Gasteiger partial charge in [-0.3, -0.25) is 9.59 Å². The standard InChI is InChI=1S/C20H19BrClN3O2/c1-2-9-25(19(26)10-13-3-5-14(21)6-4-13)12-18-23-17-11-15(22)7-8-16(17)20(27)24-18/h3-8,11H,2,9-10,12H2,1H3,(H,23,24,27). The minimum atomic E-state index is -0.233. The van der Waals surface area contributed by atoms with Gasteiger partial charge in [0.05, 0.1) is 23.9 Å². The summed E-state index contributed by atoms with van der Waals surface area (Å²) in [6.07, 6.45) is 1.12. The van der Waals surface area contributed by atoms with Crippen LogP contribution in [0.3, 0.4) is 0 Å². The van der Waals surface area contributed by atoms with Gasteiger partial charge in [0.1, 0.15) is 5.82 Å². The number of aromatic amines is 1. The zero-order valence-electron chi connectivity index (χ0n) is 14.8. The lowest BCUT2D eigenvalue weighted by Crippen LogP contribution is -2.34. The largest absolute Gasteiger partial charge is 0.335 e. The van der Waals surface area contributed by atoms with Crippen molar-refractivity contribution in [2.45, 2.75) is 26.3 Å². The number of H-pyrrole nitrogens is 1. The van der Waals surface area contributed by atoms with Crippen molar-refractivity contribution in [1.82, 2.24) is 14.9 Å². The minimum absolute atomic E-state index is 0.00647. The van der Waals surface area contributed by atoms with Gasteiger partial charge in [0, 0.05) is 16.0 Å². The van der Waals surface area contributed by atoms with Gasteiger partial charge in [-0.15, -0.1) is 0 Å². The Morgan fingerprint density at radius 2 is 1.96 bits per heavy atom. The van der Waals surface area contributed by atoms with Crippen molar-refractivity contribution in [3.63, 3.8) is 0 Å². The van der Waals surface area contributed by atoms with Crippen molar-refractivity contribution in [2.75, 3.05) is 6.54 Å². The Hall–Kier alpha value is -2.18. The van der Waals surface area contributed by atoms with Gasteiger partial charge >= 0.3 is 0 Å². The van der Waals surface area contributed by atoms with Crippen LogP contribution >= 0.6 is 27.5 Å². The molecule has 1 heterocycles. The third kappa shape index (κ3) is 4.96. The van der Waals surface area contributed by atoms with Crippen molar-refractivity contribution in [3.8, 4) is 0 Å². The molecule has 0 saturated heterocycles. The molecule has 0 bridgehead atoms. The molecular weight excluding hydrogens is 430 g/mol. The van der Waals surface area contributed by atoms with E-state index in [0.717, 1.165) is 16.5 Å². The number of carbonyl (C=O) groups is 1. The Morgan fingerprint density at radius 1 is 1.22 bits per heavy atom. The summed E-state index contributed by atoms with van der Waals surface area (Å²) in [6, 6.07) is 12.6. The van der Waals surface area contributed by atoms with Crippen LogP contribution in [0.25, 0.3) is 10.9 Å². The predicted octanol–water partition coefficient (Wildman–Crippen LogP) is 4.32. The Kier molecular flexibility index (Phi) is 6.29. The Bertz CT molecular complexity index is 1020. The van der Waals surface area contributed by atoms with Crippen LogP contribution in [-0.2, 0) is 17.8 Å². The van der Waals surface area contributed by atoms with E-state index in [0.29, 0.717) is 34.7 Å². The maximum absolute atomic E-state index is 12.8. The van der Waals surface area contributed by atoms with Crippen molar-refractivity contribution in [3.05, 3.63) is 73.7 Å². The molecule has 0 aliphatic carbocycles. The van der Waals surface area contributed by atoms with Gasteiger partial charge < -0.3 is 9.88 Å². The summed E-state index contributed by atoms with van der Waals surface area (Å²) >= 11 is 9.41. The van der Waals surface area contributed by atoms with Crippen LogP contribution in [0.5, 0.6) is 0 Å². The summed E-state index contributed by atoms with van der Waals surface area (Å²) in [5.74, 6) is 0.445. The molecule has 27 heavy (non-hydrogen) atoms. The summed E-state index contributed by atoms with van der Waals surface area (Å²) in [7, 11) is 0. The maximum atomic E-state index is 12.8. The first kappa shape index (κ1) is 19.6. The quantitative estimate of drug-likeness (QED) is 0.611. The van der Waals surface area contributed by atoms with Crippen LogP contribution in [0.15, 0.2) is 51.7 Å². The highest BCUT2D eigenvalue weighted by atomic mass is 79.9. The first-order valence-corrected chi connectivity index (χ1v) is 9.84. The molecule has 0 aliphatic heterocycles. The second-order valence-electron chi connectivity index (χ2n) is 6.29. The highest BCUT2D eigenvalue weighted by molar-refractivity contribution is 9.10.